The number of halogens is 1. The summed E-state index contributed by atoms with van der Waals surface area (Å²) in [5.74, 6) is -0.201. The zero-order valence-electron chi connectivity index (χ0n) is 17.8. The van der Waals surface area contributed by atoms with E-state index in [1.807, 2.05) is 43.5 Å². The van der Waals surface area contributed by atoms with Gasteiger partial charge in [0.25, 0.3) is 0 Å². The number of hydrogen-bond donors (Lipinski definition) is 0. The number of carbonyl (C=O) groups is 1. The molecule has 30 heavy (non-hydrogen) atoms. The summed E-state index contributed by atoms with van der Waals surface area (Å²) in [6.07, 6.45) is 4.26. The normalized spacial score (nSPS) is 12.0. The second-order valence-electron chi connectivity index (χ2n) is 7.85. The van der Waals surface area contributed by atoms with Gasteiger partial charge >= 0.3 is 5.97 Å². The van der Waals surface area contributed by atoms with Crippen LogP contribution in [0.2, 0.25) is 0 Å². The van der Waals surface area contributed by atoms with Crippen LogP contribution in [0.15, 0.2) is 67.0 Å². The second-order valence-corrected chi connectivity index (χ2v) is 7.85. The molecule has 2 aromatic carbocycles. The molecule has 0 amide bonds. The van der Waals surface area contributed by atoms with Crippen molar-refractivity contribution in [1.29, 1.82) is 0 Å². The Morgan fingerprint density at radius 3 is 2.27 bits per heavy atom. The molecule has 1 atom stereocenters. The van der Waals surface area contributed by atoms with Gasteiger partial charge in [-0.25, -0.2) is 4.39 Å². The molecule has 0 bridgehead atoms. The van der Waals surface area contributed by atoms with Gasteiger partial charge in [-0.3, -0.25) is 9.78 Å². The van der Waals surface area contributed by atoms with E-state index in [1.54, 1.807) is 18.3 Å². The molecule has 1 unspecified atom stereocenters. The quantitative estimate of drug-likeness (QED) is 0.398. The summed E-state index contributed by atoms with van der Waals surface area (Å²) in [6.45, 7) is 5.91. The lowest BCUT2D eigenvalue weighted by Gasteiger charge is -2.20. The average Bonchev–Trinajstić information content (AvgIpc) is 2.78. The summed E-state index contributed by atoms with van der Waals surface area (Å²) in [5, 5.41) is 0. The number of ether oxygens (including phenoxy) is 1. The summed E-state index contributed by atoms with van der Waals surface area (Å²) in [6, 6.07) is 17.5. The van der Waals surface area contributed by atoms with Gasteiger partial charge in [-0.05, 0) is 59.2 Å². The van der Waals surface area contributed by atoms with Crippen molar-refractivity contribution in [3.05, 3.63) is 78.1 Å². The van der Waals surface area contributed by atoms with Crippen molar-refractivity contribution in [3.8, 4) is 22.3 Å². The van der Waals surface area contributed by atoms with Gasteiger partial charge in [-0.2, -0.15) is 0 Å². The first-order chi connectivity index (χ1) is 14.5. The van der Waals surface area contributed by atoms with E-state index in [0.29, 0.717) is 24.5 Å². The standard InChI is InChI=1S/C26H28FNO2/c1-4-30-26(29)25(12-18(2)3)24-14-22(20-9-7-19(16-27)8-10-20)13-23(15-24)21-6-5-11-28-17-21/h5-11,13-15,17-18,25H,4,12,16H2,1-3H3. The summed E-state index contributed by atoms with van der Waals surface area (Å²) < 4.78 is 18.3. The second kappa shape index (κ2) is 10.1. The molecule has 0 saturated carbocycles. The van der Waals surface area contributed by atoms with E-state index in [-0.39, 0.29) is 11.9 Å². The van der Waals surface area contributed by atoms with Crippen molar-refractivity contribution < 1.29 is 13.9 Å². The largest absolute Gasteiger partial charge is 0.466 e. The topological polar surface area (TPSA) is 39.2 Å². The molecule has 1 aromatic heterocycles. The van der Waals surface area contributed by atoms with E-state index < -0.39 is 6.67 Å². The van der Waals surface area contributed by atoms with Gasteiger partial charge in [-0.15, -0.1) is 0 Å². The maximum Gasteiger partial charge on any atom is 0.313 e. The highest BCUT2D eigenvalue weighted by atomic mass is 19.1. The van der Waals surface area contributed by atoms with E-state index in [9.17, 15) is 9.18 Å². The van der Waals surface area contributed by atoms with Gasteiger partial charge in [0.15, 0.2) is 0 Å². The van der Waals surface area contributed by atoms with Crippen LogP contribution in [0.25, 0.3) is 22.3 Å². The number of hydrogen-bond acceptors (Lipinski definition) is 3. The molecule has 3 aromatic rings. The van der Waals surface area contributed by atoms with Gasteiger partial charge in [0, 0.05) is 18.0 Å². The Bertz CT molecular complexity index is 968. The minimum absolute atomic E-state index is 0.201. The highest BCUT2D eigenvalue weighted by Crippen LogP contribution is 2.34. The molecule has 0 radical (unpaired) electrons. The van der Waals surface area contributed by atoms with Crippen LogP contribution >= 0.6 is 0 Å². The molecular formula is C26H28FNO2. The van der Waals surface area contributed by atoms with Crippen LogP contribution in [0.4, 0.5) is 4.39 Å². The number of esters is 1. The molecule has 0 aliphatic rings. The third kappa shape index (κ3) is 5.32. The molecule has 4 heteroatoms. The average molecular weight is 406 g/mol. The Labute approximate surface area is 177 Å². The number of pyridine rings is 1. The Morgan fingerprint density at radius 1 is 1.00 bits per heavy atom. The molecule has 0 N–H and O–H groups in total. The lowest BCUT2D eigenvalue weighted by molar-refractivity contribution is -0.145. The third-order valence-electron chi connectivity index (χ3n) is 5.07. The number of carbonyl (C=O) groups excluding carboxylic acids is 1. The predicted octanol–water partition coefficient (Wildman–Crippen LogP) is 6.58. The maximum atomic E-state index is 12.9. The summed E-state index contributed by atoms with van der Waals surface area (Å²) >= 11 is 0. The lowest BCUT2D eigenvalue weighted by Crippen LogP contribution is -2.18. The fraction of sp³-hybridized carbons (Fsp3) is 0.308. The molecule has 0 saturated heterocycles. The van der Waals surface area contributed by atoms with Gasteiger partial charge < -0.3 is 4.74 Å². The maximum absolute atomic E-state index is 12.9. The number of aromatic nitrogens is 1. The summed E-state index contributed by atoms with van der Waals surface area (Å²) in [7, 11) is 0. The molecule has 3 nitrogen and oxygen atoms in total. The van der Waals surface area contributed by atoms with Crippen LogP contribution in [0.1, 0.15) is 44.2 Å². The minimum Gasteiger partial charge on any atom is -0.466 e. The van der Waals surface area contributed by atoms with Crippen LogP contribution in [0.3, 0.4) is 0 Å². The smallest absolute Gasteiger partial charge is 0.313 e. The Balaban J connectivity index is 2.13. The van der Waals surface area contributed by atoms with Gasteiger partial charge in [0.2, 0.25) is 0 Å². The van der Waals surface area contributed by atoms with Crippen LogP contribution in [0, 0.1) is 5.92 Å². The third-order valence-corrected chi connectivity index (χ3v) is 5.07. The Morgan fingerprint density at radius 2 is 1.70 bits per heavy atom. The number of nitrogens with zero attached hydrogens (tertiary/aromatic N) is 1. The summed E-state index contributed by atoms with van der Waals surface area (Å²) in [4.78, 5) is 17.0. The van der Waals surface area contributed by atoms with E-state index in [4.69, 9.17) is 4.74 Å². The zero-order valence-corrected chi connectivity index (χ0v) is 17.8. The molecule has 0 fully saturated rings. The highest BCUT2D eigenvalue weighted by Gasteiger charge is 2.24. The Hall–Kier alpha value is -3.01. The first-order valence-corrected chi connectivity index (χ1v) is 10.4. The number of alkyl halides is 1. The van der Waals surface area contributed by atoms with E-state index in [0.717, 1.165) is 27.8 Å². The number of benzene rings is 2. The molecule has 3 rings (SSSR count). The Kier molecular flexibility index (Phi) is 7.34. The molecular weight excluding hydrogens is 377 g/mol. The summed E-state index contributed by atoms with van der Waals surface area (Å²) in [5.41, 5.74) is 5.50. The highest BCUT2D eigenvalue weighted by molar-refractivity contribution is 5.81. The monoisotopic (exact) mass is 405 g/mol. The number of rotatable bonds is 8. The fourth-order valence-electron chi connectivity index (χ4n) is 3.59. The van der Waals surface area contributed by atoms with Gasteiger partial charge in [0.05, 0.1) is 12.5 Å². The van der Waals surface area contributed by atoms with Crippen LogP contribution in [-0.2, 0) is 16.2 Å². The van der Waals surface area contributed by atoms with Crippen molar-refractivity contribution in [2.24, 2.45) is 5.92 Å². The van der Waals surface area contributed by atoms with Gasteiger partial charge in [-0.1, -0.05) is 56.3 Å². The van der Waals surface area contributed by atoms with E-state index in [1.165, 1.54) is 0 Å². The molecule has 0 aliphatic carbocycles. The van der Waals surface area contributed by atoms with E-state index in [2.05, 4.69) is 31.0 Å². The van der Waals surface area contributed by atoms with Crippen molar-refractivity contribution in [2.45, 2.75) is 39.8 Å². The first-order valence-electron chi connectivity index (χ1n) is 10.4. The van der Waals surface area contributed by atoms with Crippen molar-refractivity contribution in [2.75, 3.05) is 6.61 Å². The molecule has 0 aliphatic heterocycles. The van der Waals surface area contributed by atoms with Crippen molar-refractivity contribution in [1.82, 2.24) is 4.98 Å². The first kappa shape index (κ1) is 21.7. The zero-order chi connectivity index (χ0) is 21.5. The van der Waals surface area contributed by atoms with E-state index >= 15 is 0 Å². The molecule has 0 spiro atoms. The predicted molar refractivity (Wildman–Crippen MR) is 119 cm³/mol. The van der Waals surface area contributed by atoms with Crippen molar-refractivity contribution >= 4 is 5.97 Å². The van der Waals surface area contributed by atoms with Gasteiger partial charge in [0.1, 0.15) is 6.67 Å². The SMILES string of the molecule is CCOC(=O)C(CC(C)C)c1cc(-c2ccc(CF)cc2)cc(-c2cccnc2)c1. The van der Waals surface area contributed by atoms with Crippen LogP contribution < -0.4 is 0 Å². The van der Waals surface area contributed by atoms with Crippen LogP contribution in [-0.4, -0.2) is 17.6 Å². The minimum atomic E-state index is -0.486. The lowest BCUT2D eigenvalue weighted by atomic mass is 9.86. The van der Waals surface area contributed by atoms with Crippen molar-refractivity contribution in [3.63, 3.8) is 0 Å². The van der Waals surface area contributed by atoms with Crippen LogP contribution in [0.5, 0.6) is 0 Å². The fourth-order valence-corrected chi connectivity index (χ4v) is 3.59. The molecule has 156 valence electrons. The molecule has 1 heterocycles.